The number of nitrogens with zero attached hydrogens (tertiary/aromatic N) is 2. The van der Waals surface area contributed by atoms with Gasteiger partial charge in [0.05, 0.1) is 11.8 Å². The van der Waals surface area contributed by atoms with Crippen LogP contribution >= 0.6 is 11.8 Å². The molecular formula is C31H40F2N4O3S. The Morgan fingerprint density at radius 3 is 2.44 bits per heavy atom. The van der Waals surface area contributed by atoms with Gasteiger partial charge in [-0.05, 0) is 60.4 Å². The molecule has 10 heteroatoms. The number of carboxylic acids is 1. The molecule has 5 N–H and O–H groups in total. The Morgan fingerprint density at radius 1 is 1.10 bits per heavy atom. The highest BCUT2D eigenvalue weighted by molar-refractivity contribution is 7.99. The Labute approximate surface area is 244 Å². The molecule has 0 aliphatic heterocycles. The van der Waals surface area contributed by atoms with Crippen LogP contribution < -0.4 is 11.5 Å². The van der Waals surface area contributed by atoms with Crippen LogP contribution in [0.15, 0.2) is 60.8 Å². The Kier molecular flexibility index (Phi) is 11.5. The van der Waals surface area contributed by atoms with Gasteiger partial charge in [0.25, 0.3) is 0 Å². The summed E-state index contributed by atoms with van der Waals surface area (Å²) in [7, 11) is 0. The first-order valence-corrected chi connectivity index (χ1v) is 14.8. The largest absolute Gasteiger partial charge is 0.480 e. The second-order valence-corrected chi connectivity index (χ2v) is 12.3. The van der Waals surface area contributed by atoms with Gasteiger partial charge in [0.2, 0.25) is 5.91 Å². The topological polar surface area (TPSA) is 115 Å². The molecule has 1 heterocycles. The van der Waals surface area contributed by atoms with Gasteiger partial charge in [-0.2, -0.15) is 11.8 Å². The van der Waals surface area contributed by atoms with Crippen LogP contribution in [-0.4, -0.2) is 57.1 Å². The van der Waals surface area contributed by atoms with Gasteiger partial charge in [0.15, 0.2) is 0 Å². The van der Waals surface area contributed by atoms with Crippen molar-refractivity contribution in [3.63, 3.8) is 0 Å². The van der Waals surface area contributed by atoms with Crippen LogP contribution in [0, 0.1) is 17.0 Å². The molecule has 0 saturated heterocycles. The molecule has 0 aliphatic rings. The maximum atomic E-state index is 14.9. The minimum absolute atomic E-state index is 0.113. The monoisotopic (exact) mass is 586 g/mol. The van der Waals surface area contributed by atoms with Crippen molar-refractivity contribution in [1.82, 2.24) is 9.47 Å². The van der Waals surface area contributed by atoms with Crippen molar-refractivity contribution in [3.8, 4) is 11.1 Å². The van der Waals surface area contributed by atoms with Crippen LogP contribution in [0.4, 0.5) is 8.78 Å². The van der Waals surface area contributed by atoms with Crippen molar-refractivity contribution >= 4 is 23.6 Å². The van der Waals surface area contributed by atoms with E-state index in [-0.39, 0.29) is 23.6 Å². The van der Waals surface area contributed by atoms with Gasteiger partial charge >= 0.3 is 5.97 Å². The molecule has 1 unspecified atom stereocenters. The van der Waals surface area contributed by atoms with Crippen molar-refractivity contribution in [2.45, 2.75) is 52.2 Å². The molecule has 0 radical (unpaired) electrons. The summed E-state index contributed by atoms with van der Waals surface area (Å²) >= 11 is 1.34. The maximum Gasteiger partial charge on any atom is 0.320 e. The molecule has 2 aromatic carbocycles. The zero-order valence-electron chi connectivity index (χ0n) is 23.9. The highest BCUT2D eigenvalue weighted by atomic mass is 32.2. The molecule has 3 rings (SSSR count). The highest BCUT2D eigenvalue weighted by Crippen LogP contribution is 2.41. The van der Waals surface area contributed by atoms with Gasteiger partial charge in [0.1, 0.15) is 17.7 Å². The number of carbonyl (C=O) groups excluding carboxylic acids is 1. The zero-order chi connectivity index (χ0) is 30.2. The van der Waals surface area contributed by atoms with Crippen molar-refractivity contribution in [2.24, 2.45) is 16.9 Å². The lowest BCUT2D eigenvalue weighted by Gasteiger charge is -2.41. The number of carbonyl (C=O) groups is 2. The first-order chi connectivity index (χ1) is 19.4. The lowest BCUT2D eigenvalue weighted by atomic mass is 9.83. The standard InChI is InChI=1S/C31H40F2N4O3S/c1-31(2,3)29(37(14-7-13-34)28(38)20-41-15-12-26(35)30(39)40)27-16-22(24-17-23(32)10-11-25(24)33)19-36(27)18-21-8-5-4-6-9-21/h4-6,8-11,16-17,19,26,29H,7,12-15,18,20,34-35H2,1-3H3,(H,39,40)/t26?,29-/m0/s1. The third kappa shape index (κ3) is 8.89. The van der Waals surface area contributed by atoms with Gasteiger partial charge in [-0.3, -0.25) is 9.59 Å². The van der Waals surface area contributed by atoms with E-state index >= 15 is 0 Å². The van der Waals surface area contributed by atoms with Crippen molar-refractivity contribution < 1.29 is 23.5 Å². The van der Waals surface area contributed by atoms with E-state index < -0.39 is 35.1 Å². The van der Waals surface area contributed by atoms with Crippen LogP contribution in [0.5, 0.6) is 0 Å². The van der Waals surface area contributed by atoms with E-state index in [4.69, 9.17) is 16.6 Å². The molecule has 2 atom stereocenters. The fourth-order valence-corrected chi connectivity index (χ4v) is 5.75. The number of rotatable bonds is 14. The number of amides is 1. The Bertz CT molecular complexity index is 1310. The number of aromatic nitrogens is 1. The summed E-state index contributed by atoms with van der Waals surface area (Å²) < 4.78 is 31.1. The van der Waals surface area contributed by atoms with E-state index in [0.717, 1.165) is 23.4 Å². The minimum atomic E-state index is -1.07. The van der Waals surface area contributed by atoms with Crippen molar-refractivity contribution in [2.75, 3.05) is 24.6 Å². The SMILES string of the molecule is CC(C)(C)[C@H](c1cc(-c2cc(F)ccc2F)cn1Cc1ccccc1)N(CCCN)C(=O)CSCCC(N)C(=O)O. The van der Waals surface area contributed by atoms with E-state index in [1.807, 2.05) is 72.8 Å². The molecule has 41 heavy (non-hydrogen) atoms. The third-order valence-electron chi connectivity index (χ3n) is 6.82. The summed E-state index contributed by atoms with van der Waals surface area (Å²) in [6.07, 6.45) is 2.64. The maximum absolute atomic E-state index is 14.9. The molecule has 1 amide bonds. The predicted octanol–water partition coefficient (Wildman–Crippen LogP) is 5.28. The van der Waals surface area contributed by atoms with E-state index in [0.29, 0.717) is 37.4 Å². The lowest BCUT2D eigenvalue weighted by Crippen LogP contribution is -2.44. The number of halogens is 2. The fraction of sp³-hybridized carbons (Fsp3) is 0.419. The molecule has 0 spiro atoms. The average molecular weight is 587 g/mol. The van der Waals surface area contributed by atoms with E-state index in [2.05, 4.69) is 0 Å². The van der Waals surface area contributed by atoms with Gasteiger partial charge < -0.3 is 26.0 Å². The van der Waals surface area contributed by atoms with Crippen LogP contribution in [0.25, 0.3) is 11.1 Å². The van der Waals surface area contributed by atoms with E-state index in [1.165, 1.54) is 17.8 Å². The number of nitrogens with two attached hydrogens (primary N) is 2. The minimum Gasteiger partial charge on any atom is -0.480 e. The Balaban J connectivity index is 2.05. The molecule has 0 fully saturated rings. The van der Waals surface area contributed by atoms with E-state index in [9.17, 15) is 18.4 Å². The zero-order valence-corrected chi connectivity index (χ0v) is 24.7. The smallest absolute Gasteiger partial charge is 0.320 e. The highest BCUT2D eigenvalue weighted by Gasteiger charge is 2.37. The Hall–Kier alpha value is -3.21. The van der Waals surface area contributed by atoms with Crippen LogP contribution in [0.3, 0.4) is 0 Å². The normalized spacial score (nSPS) is 13.1. The molecule has 0 bridgehead atoms. The molecule has 1 aromatic heterocycles. The van der Waals surface area contributed by atoms with Crippen molar-refractivity contribution in [1.29, 1.82) is 0 Å². The number of hydrogen-bond donors (Lipinski definition) is 3. The van der Waals surface area contributed by atoms with Crippen LogP contribution in [-0.2, 0) is 16.1 Å². The second kappa shape index (κ2) is 14.6. The first kappa shape index (κ1) is 32.3. The van der Waals surface area contributed by atoms with Gasteiger partial charge in [-0.25, -0.2) is 8.78 Å². The number of hydrogen-bond acceptors (Lipinski definition) is 5. The molecule has 7 nitrogen and oxygen atoms in total. The van der Waals surface area contributed by atoms with Gasteiger partial charge in [-0.15, -0.1) is 0 Å². The summed E-state index contributed by atoms with van der Waals surface area (Å²) in [5.74, 6) is -1.68. The number of carboxylic acid groups (broad SMARTS) is 1. The molecule has 0 saturated carbocycles. The summed E-state index contributed by atoms with van der Waals surface area (Å²) in [6.45, 7) is 7.41. The predicted molar refractivity (Wildman–Crippen MR) is 160 cm³/mol. The number of benzene rings is 2. The molecule has 3 aromatic rings. The average Bonchev–Trinajstić information content (AvgIpc) is 3.32. The fourth-order valence-electron chi connectivity index (χ4n) is 4.85. The lowest BCUT2D eigenvalue weighted by molar-refractivity contribution is -0.138. The van der Waals surface area contributed by atoms with E-state index in [1.54, 1.807) is 0 Å². The van der Waals surface area contributed by atoms with Gasteiger partial charge in [0, 0.05) is 36.1 Å². The summed E-state index contributed by atoms with van der Waals surface area (Å²) in [5, 5.41) is 9.04. The number of thioether (sulfide) groups is 1. The summed E-state index contributed by atoms with van der Waals surface area (Å²) in [4.78, 5) is 26.6. The quantitative estimate of drug-likeness (QED) is 0.222. The molecular weight excluding hydrogens is 546 g/mol. The number of aliphatic carboxylic acids is 1. The second-order valence-electron chi connectivity index (χ2n) is 11.2. The summed E-state index contributed by atoms with van der Waals surface area (Å²) in [5.41, 5.74) is 13.5. The van der Waals surface area contributed by atoms with Crippen LogP contribution in [0.2, 0.25) is 0 Å². The molecule has 0 aliphatic carbocycles. The Morgan fingerprint density at radius 2 is 1.80 bits per heavy atom. The van der Waals surface area contributed by atoms with Crippen LogP contribution in [0.1, 0.15) is 50.9 Å². The summed E-state index contributed by atoms with van der Waals surface area (Å²) in [6, 6.07) is 13.6. The van der Waals surface area contributed by atoms with Crippen molar-refractivity contribution in [3.05, 3.63) is 83.7 Å². The molecule has 222 valence electrons. The first-order valence-electron chi connectivity index (χ1n) is 13.7. The third-order valence-corrected chi connectivity index (χ3v) is 7.79. The van der Waals surface area contributed by atoms with Gasteiger partial charge in [-0.1, -0.05) is 51.1 Å².